The van der Waals surface area contributed by atoms with Crippen molar-refractivity contribution in [2.75, 3.05) is 26.4 Å². The molecular formula is C19H28O5. The van der Waals surface area contributed by atoms with Gasteiger partial charge < -0.3 is 14.2 Å². The predicted molar refractivity (Wildman–Crippen MR) is 92.3 cm³/mol. The fourth-order valence-corrected chi connectivity index (χ4v) is 2.12. The highest BCUT2D eigenvalue weighted by molar-refractivity contribution is 5.93. The van der Waals surface area contributed by atoms with E-state index in [-0.39, 0.29) is 12.6 Å². The number of esters is 2. The highest BCUT2D eigenvalue weighted by atomic mass is 16.6. The minimum Gasteiger partial charge on any atom is -0.462 e. The van der Waals surface area contributed by atoms with Crippen LogP contribution in [-0.4, -0.2) is 38.4 Å². The van der Waals surface area contributed by atoms with Gasteiger partial charge in [-0.25, -0.2) is 9.59 Å². The lowest BCUT2D eigenvalue weighted by atomic mass is 10.1. The average Bonchev–Trinajstić information content (AvgIpc) is 2.61. The zero-order valence-electron chi connectivity index (χ0n) is 14.7. The van der Waals surface area contributed by atoms with E-state index in [1.165, 1.54) is 19.3 Å². The summed E-state index contributed by atoms with van der Waals surface area (Å²) in [7, 11) is 0. The van der Waals surface area contributed by atoms with Crippen LogP contribution in [0, 0.1) is 0 Å². The summed E-state index contributed by atoms with van der Waals surface area (Å²) in [6, 6.07) is 6.30. The number of unbranched alkanes of at least 4 members (excludes halogenated alkanes) is 4. The molecule has 0 amide bonds. The SMILES string of the molecule is CCCCCCCOC(=O)c1ccc(C(=O)OCCOCC)cc1. The van der Waals surface area contributed by atoms with Gasteiger partial charge in [0.15, 0.2) is 0 Å². The van der Waals surface area contributed by atoms with Crippen LogP contribution in [0.5, 0.6) is 0 Å². The number of carbonyl (C=O) groups is 2. The Bertz CT molecular complexity index is 481. The van der Waals surface area contributed by atoms with Gasteiger partial charge in [0.25, 0.3) is 0 Å². The quantitative estimate of drug-likeness (QED) is 0.426. The van der Waals surface area contributed by atoms with E-state index >= 15 is 0 Å². The van der Waals surface area contributed by atoms with E-state index in [9.17, 15) is 9.59 Å². The lowest BCUT2D eigenvalue weighted by molar-refractivity contribution is 0.0334. The molecule has 24 heavy (non-hydrogen) atoms. The molecule has 0 saturated carbocycles. The number of carbonyl (C=O) groups excluding carboxylic acids is 2. The average molecular weight is 336 g/mol. The Hall–Kier alpha value is -1.88. The second kappa shape index (κ2) is 12.5. The molecule has 0 bridgehead atoms. The van der Waals surface area contributed by atoms with Crippen LogP contribution in [0.15, 0.2) is 24.3 Å². The van der Waals surface area contributed by atoms with Crippen LogP contribution in [0.4, 0.5) is 0 Å². The summed E-state index contributed by atoms with van der Waals surface area (Å²) in [5, 5.41) is 0. The Morgan fingerprint density at radius 2 is 1.29 bits per heavy atom. The molecule has 0 aliphatic rings. The van der Waals surface area contributed by atoms with Gasteiger partial charge in [0.1, 0.15) is 6.61 Å². The molecule has 0 saturated heterocycles. The summed E-state index contributed by atoms with van der Waals surface area (Å²) >= 11 is 0. The monoisotopic (exact) mass is 336 g/mol. The fourth-order valence-electron chi connectivity index (χ4n) is 2.12. The van der Waals surface area contributed by atoms with Gasteiger partial charge in [0.05, 0.1) is 24.3 Å². The van der Waals surface area contributed by atoms with E-state index in [4.69, 9.17) is 14.2 Å². The van der Waals surface area contributed by atoms with Gasteiger partial charge in [-0.15, -0.1) is 0 Å². The number of rotatable bonds is 12. The molecule has 0 aromatic heterocycles. The van der Waals surface area contributed by atoms with Crippen molar-refractivity contribution in [1.29, 1.82) is 0 Å². The van der Waals surface area contributed by atoms with E-state index in [0.29, 0.717) is 30.9 Å². The lowest BCUT2D eigenvalue weighted by Crippen LogP contribution is -2.11. The van der Waals surface area contributed by atoms with E-state index in [0.717, 1.165) is 12.8 Å². The van der Waals surface area contributed by atoms with Gasteiger partial charge in [-0.3, -0.25) is 0 Å². The van der Waals surface area contributed by atoms with E-state index in [1.807, 2.05) is 6.92 Å². The molecule has 0 atom stereocenters. The Morgan fingerprint density at radius 1 is 0.750 bits per heavy atom. The second-order valence-corrected chi connectivity index (χ2v) is 5.46. The molecule has 1 aromatic rings. The smallest absolute Gasteiger partial charge is 0.338 e. The van der Waals surface area contributed by atoms with Crippen LogP contribution in [0.2, 0.25) is 0 Å². The van der Waals surface area contributed by atoms with Crippen molar-refractivity contribution >= 4 is 11.9 Å². The maximum atomic E-state index is 11.9. The van der Waals surface area contributed by atoms with Crippen molar-refractivity contribution in [1.82, 2.24) is 0 Å². The van der Waals surface area contributed by atoms with Gasteiger partial charge in [-0.2, -0.15) is 0 Å². The zero-order valence-corrected chi connectivity index (χ0v) is 14.7. The summed E-state index contributed by atoms with van der Waals surface area (Å²) < 4.78 is 15.4. The highest BCUT2D eigenvalue weighted by Gasteiger charge is 2.10. The predicted octanol–water partition coefficient (Wildman–Crippen LogP) is 4.01. The van der Waals surface area contributed by atoms with Crippen LogP contribution in [0.3, 0.4) is 0 Å². The Morgan fingerprint density at radius 3 is 1.83 bits per heavy atom. The molecular weight excluding hydrogens is 308 g/mol. The van der Waals surface area contributed by atoms with Gasteiger partial charge >= 0.3 is 11.9 Å². The Labute approximate surface area is 144 Å². The van der Waals surface area contributed by atoms with Crippen LogP contribution in [0.1, 0.15) is 66.7 Å². The van der Waals surface area contributed by atoms with Crippen molar-refractivity contribution in [3.8, 4) is 0 Å². The van der Waals surface area contributed by atoms with Crippen molar-refractivity contribution in [3.05, 3.63) is 35.4 Å². The van der Waals surface area contributed by atoms with Crippen LogP contribution in [-0.2, 0) is 14.2 Å². The lowest BCUT2D eigenvalue weighted by Gasteiger charge is -2.07. The first-order chi connectivity index (χ1) is 11.7. The topological polar surface area (TPSA) is 61.8 Å². The van der Waals surface area contributed by atoms with Crippen molar-refractivity contribution in [3.63, 3.8) is 0 Å². The van der Waals surface area contributed by atoms with Crippen molar-refractivity contribution in [2.45, 2.75) is 46.0 Å². The van der Waals surface area contributed by atoms with E-state index in [1.54, 1.807) is 24.3 Å². The third-order valence-corrected chi connectivity index (χ3v) is 3.50. The fraction of sp³-hybridized carbons (Fsp3) is 0.579. The number of hydrogen-bond acceptors (Lipinski definition) is 5. The summed E-state index contributed by atoms with van der Waals surface area (Å²) in [6.45, 7) is 5.67. The summed E-state index contributed by atoms with van der Waals surface area (Å²) in [5.41, 5.74) is 0.844. The molecule has 0 radical (unpaired) electrons. The molecule has 0 aliphatic carbocycles. The van der Waals surface area contributed by atoms with Crippen molar-refractivity contribution in [2.24, 2.45) is 0 Å². The molecule has 0 fully saturated rings. The largest absolute Gasteiger partial charge is 0.462 e. The Kier molecular flexibility index (Phi) is 10.5. The molecule has 0 aliphatic heterocycles. The number of ether oxygens (including phenoxy) is 3. The molecule has 0 N–H and O–H groups in total. The molecule has 0 heterocycles. The minimum atomic E-state index is -0.425. The van der Waals surface area contributed by atoms with Crippen molar-refractivity contribution < 1.29 is 23.8 Å². The van der Waals surface area contributed by atoms with E-state index in [2.05, 4.69) is 6.92 Å². The van der Waals surface area contributed by atoms with Gasteiger partial charge in [-0.1, -0.05) is 32.6 Å². The summed E-state index contributed by atoms with van der Waals surface area (Å²) in [5.74, 6) is -0.785. The molecule has 5 heteroatoms. The summed E-state index contributed by atoms with van der Waals surface area (Å²) in [6.07, 6.45) is 5.55. The molecule has 0 unspecified atom stereocenters. The first kappa shape index (κ1) is 20.2. The van der Waals surface area contributed by atoms with Gasteiger partial charge in [0, 0.05) is 6.61 Å². The maximum Gasteiger partial charge on any atom is 0.338 e. The summed E-state index contributed by atoms with van der Waals surface area (Å²) in [4.78, 5) is 23.7. The standard InChI is InChI=1S/C19H28O5/c1-3-5-6-7-8-13-23-18(20)16-9-11-17(12-10-16)19(21)24-15-14-22-4-2/h9-12H,3-8,13-15H2,1-2H3. The molecule has 1 rings (SSSR count). The van der Waals surface area contributed by atoms with E-state index < -0.39 is 5.97 Å². The van der Waals surface area contributed by atoms with Gasteiger partial charge in [-0.05, 0) is 37.6 Å². The molecule has 0 spiro atoms. The first-order valence-corrected chi connectivity index (χ1v) is 8.71. The zero-order chi connectivity index (χ0) is 17.6. The highest BCUT2D eigenvalue weighted by Crippen LogP contribution is 2.09. The second-order valence-electron chi connectivity index (χ2n) is 5.46. The normalized spacial score (nSPS) is 10.4. The van der Waals surface area contributed by atoms with Crippen LogP contribution >= 0.6 is 0 Å². The molecule has 5 nitrogen and oxygen atoms in total. The van der Waals surface area contributed by atoms with Gasteiger partial charge in [0.2, 0.25) is 0 Å². The number of hydrogen-bond donors (Lipinski definition) is 0. The molecule has 1 aromatic carbocycles. The number of benzene rings is 1. The minimum absolute atomic E-state index is 0.217. The molecule has 134 valence electrons. The Balaban J connectivity index is 2.32. The van der Waals surface area contributed by atoms with Crippen LogP contribution < -0.4 is 0 Å². The third-order valence-electron chi connectivity index (χ3n) is 3.50. The van der Waals surface area contributed by atoms with Crippen LogP contribution in [0.25, 0.3) is 0 Å². The first-order valence-electron chi connectivity index (χ1n) is 8.71. The maximum absolute atomic E-state index is 11.9. The third kappa shape index (κ3) is 8.11.